The molecule has 21 heavy (non-hydrogen) atoms. The van der Waals surface area contributed by atoms with Crippen LogP contribution in [-0.4, -0.2) is 40.6 Å². The number of nitrogens with one attached hydrogen (secondary N) is 1. The van der Waals surface area contributed by atoms with Crippen molar-refractivity contribution >= 4 is 17.5 Å². The van der Waals surface area contributed by atoms with Crippen LogP contribution in [0, 0.1) is 0 Å². The Morgan fingerprint density at radius 1 is 1.24 bits per heavy atom. The van der Waals surface area contributed by atoms with Gasteiger partial charge in [0.15, 0.2) is 0 Å². The number of nitrogens with zero attached hydrogens (tertiary/aromatic N) is 1. The van der Waals surface area contributed by atoms with E-state index in [1.165, 1.54) is 0 Å². The van der Waals surface area contributed by atoms with Crippen LogP contribution in [0.15, 0.2) is 24.3 Å². The summed E-state index contributed by atoms with van der Waals surface area (Å²) in [4.78, 5) is 14.4. The molecule has 2 N–H and O–H groups in total. The zero-order valence-corrected chi connectivity index (χ0v) is 12.7. The molecular formula is C16H21ClN2O2. The summed E-state index contributed by atoms with van der Waals surface area (Å²) in [6.45, 7) is 0.970. The Morgan fingerprint density at radius 2 is 1.86 bits per heavy atom. The van der Waals surface area contributed by atoms with Crippen molar-refractivity contribution in [3.63, 3.8) is 0 Å². The number of carbonyl (C=O) groups excluding carboxylic acids is 1. The van der Waals surface area contributed by atoms with Gasteiger partial charge < -0.3 is 10.4 Å². The molecule has 2 atom stereocenters. The van der Waals surface area contributed by atoms with Crippen LogP contribution < -0.4 is 5.32 Å². The van der Waals surface area contributed by atoms with Gasteiger partial charge in [-0.3, -0.25) is 9.69 Å². The van der Waals surface area contributed by atoms with E-state index in [1.807, 2.05) is 24.3 Å². The molecule has 1 amide bonds. The minimum atomic E-state index is -0.184. The van der Waals surface area contributed by atoms with Crippen LogP contribution in [-0.2, 0) is 11.3 Å². The largest absolute Gasteiger partial charge is 0.393 e. The molecule has 0 aromatic heterocycles. The van der Waals surface area contributed by atoms with Gasteiger partial charge in [0, 0.05) is 23.7 Å². The van der Waals surface area contributed by atoms with E-state index in [0.29, 0.717) is 30.2 Å². The van der Waals surface area contributed by atoms with Crippen LogP contribution in [0.25, 0.3) is 0 Å². The molecule has 2 bridgehead atoms. The molecule has 1 aromatic rings. The number of hydrogen-bond donors (Lipinski definition) is 2. The van der Waals surface area contributed by atoms with E-state index >= 15 is 0 Å². The average Bonchev–Trinajstić information content (AvgIpc) is 2.70. The molecule has 4 nitrogen and oxygen atoms in total. The predicted molar refractivity (Wildman–Crippen MR) is 82.1 cm³/mol. The molecule has 2 saturated heterocycles. The van der Waals surface area contributed by atoms with Crippen molar-refractivity contribution in [2.75, 3.05) is 6.54 Å². The first-order valence-electron chi connectivity index (χ1n) is 7.57. The number of carbonyl (C=O) groups is 1. The lowest BCUT2D eigenvalue weighted by atomic mass is 10.00. The highest BCUT2D eigenvalue weighted by Crippen LogP contribution is 2.35. The lowest BCUT2D eigenvalue weighted by Gasteiger charge is -2.36. The van der Waals surface area contributed by atoms with E-state index in [2.05, 4.69) is 10.2 Å². The zero-order valence-electron chi connectivity index (χ0n) is 12.0. The number of fused-ring (bicyclic) bond motifs is 2. The maximum Gasteiger partial charge on any atom is 0.234 e. The molecule has 0 aliphatic carbocycles. The number of rotatable bonds is 4. The van der Waals surface area contributed by atoms with Crippen molar-refractivity contribution in [3.05, 3.63) is 34.9 Å². The standard InChI is InChI=1S/C16H21ClN2O2/c17-12-3-1-11(2-4-12)9-18-16(21)10-19-13-5-6-14(19)8-15(20)7-13/h1-4,13-15,20H,5-10H2,(H,18,21). The highest BCUT2D eigenvalue weighted by molar-refractivity contribution is 6.30. The highest BCUT2D eigenvalue weighted by Gasteiger charge is 2.40. The number of aliphatic hydroxyl groups excluding tert-OH is 1. The van der Waals surface area contributed by atoms with Gasteiger partial charge in [-0.1, -0.05) is 23.7 Å². The Morgan fingerprint density at radius 3 is 2.48 bits per heavy atom. The van der Waals surface area contributed by atoms with E-state index < -0.39 is 0 Å². The van der Waals surface area contributed by atoms with E-state index in [4.69, 9.17) is 11.6 Å². The molecular weight excluding hydrogens is 288 g/mol. The van der Waals surface area contributed by atoms with Gasteiger partial charge in [0.25, 0.3) is 0 Å². The van der Waals surface area contributed by atoms with Crippen molar-refractivity contribution < 1.29 is 9.90 Å². The monoisotopic (exact) mass is 308 g/mol. The first kappa shape index (κ1) is 14.8. The normalized spacial score (nSPS) is 28.6. The zero-order chi connectivity index (χ0) is 14.8. The number of aliphatic hydroxyl groups is 1. The number of hydrogen-bond acceptors (Lipinski definition) is 3. The second kappa shape index (κ2) is 6.34. The molecule has 114 valence electrons. The summed E-state index contributed by atoms with van der Waals surface area (Å²) < 4.78 is 0. The topological polar surface area (TPSA) is 52.6 Å². The number of amides is 1. The lowest BCUT2D eigenvalue weighted by molar-refractivity contribution is -0.124. The van der Waals surface area contributed by atoms with E-state index in [9.17, 15) is 9.90 Å². The molecule has 2 unspecified atom stereocenters. The van der Waals surface area contributed by atoms with Gasteiger partial charge in [-0.15, -0.1) is 0 Å². The van der Waals surface area contributed by atoms with E-state index in [-0.39, 0.29) is 12.0 Å². The van der Waals surface area contributed by atoms with Crippen LogP contribution in [0.1, 0.15) is 31.2 Å². The summed E-state index contributed by atoms with van der Waals surface area (Å²) in [6.07, 6.45) is 3.64. The summed E-state index contributed by atoms with van der Waals surface area (Å²) >= 11 is 5.84. The Balaban J connectivity index is 1.49. The highest BCUT2D eigenvalue weighted by atomic mass is 35.5. The molecule has 2 aliphatic rings. The quantitative estimate of drug-likeness (QED) is 0.894. The van der Waals surface area contributed by atoms with Gasteiger partial charge in [-0.2, -0.15) is 0 Å². The molecule has 0 spiro atoms. The predicted octanol–water partition coefficient (Wildman–Crippen LogP) is 1.94. The molecule has 1 aromatic carbocycles. The van der Waals surface area contributed by atoms with Crippen LogP contribution in [0.3, 0.4) is 0 Å². The first-order valence-corrected chi connectivity index (χ1v) is 7.94. The van der Waals surface area contributed by atoms with E-state index in [1.54, 1.807) is 0 Å². The van der Waals surface area contributed by atoms with Crippen molar-refractivity contribution in [3.8, 4) is 0 Å². The van der Waals surface area contributed by atoms with Crippen LogP contribution >= 0.6 is 11.6 Å². The van der Waals surface area contributed by atoms with Crippen LogP contribution in [0.5, 0.6) is 0 Å². The minimum Gasteiger partial charge on any atom is -0.393 e. The first-order chi connectivity index (χ1) is 10.1. The fourth-order valence-corrected chi connectivity index (χ4v) is 3.65. The third-order valence-corrected chi connectivity index (χ3v) is 4.84. The molecule has 5 heteroatoms. The van der Waals surface area contributed by atoms with Gasteiger partial charge in [-0.05, 0) is 43.4 Å². The summed E-state index contributed by atoms with van der Waals surface area (Å²) in [5.41, 5.74) is 1.05. The van der Waals surface area contributed by atoms with E-state index in [0.717, 1.165) is 31.2 Å². The molecule has 0 radical (unpaired) electrons. The molecule has 2 aliphatic heterocycles. The van der Waals surface area contributed by atoms with Crippen molar-refractivity contribution in [2.45, 2.75) is 50.4 Å². The summed E-state index contributed by atoms with van der Waals surface area (Å²) in [5, 5.41) is 13.4. The Bertz CT molecular complexity index is 492. The third-order valence-electron chi connectivity index (χ3n) is 4.59. The summed E-state index contributed by atoms with van der Waals surface area (Å²) in [7, 11) is 0. The second-order valence-corrected chi connectivity index (χ2v) is 6.52. The van der Waals surface area contributed by atoms with Gasteiger partial charge >= 0.3 is 0 Å². The summed E-state index contributed by atoms with van der Waals surface area (Å²) in [6, 6.07) is 8.25. The number of benzene rings is 1. The van der Waals surface area contributed by atoms with Crippen LogP contribution in [0.2, 0.25) is 5.02 Å². The Kier molecular flexibility index (Phi) is 4.48. The van der Waals surface area contributed by atoms with Gasteiger partial charge in [-0.25, -0.2) is 0 Å². The van der Waals surface area contributed by atoms with Crippen molar-refractivity contribution in [1.29, 1.82) is 0 Å². The SMILES string of the molecule is O=C(CN1C2CCC1CC(O)C2)NCc1ccc(Cl)cc1. The smallest absolute Gasteiger partial charge is 0.234 e. The second-order valence-electron chi connectivity index (χ2n) is 6.09. The Labute approximate surface area is 130 Å². The number of piperidine rings is 1. The van der Waals surface area contributed by atoms with Gasteiger partial charge in [0.05, 0.1) is 12.6 Å². The number of halogens is 1. The molecule has 3 rings (SSSR count). The maximum absolute atomic E-state index is 12.1. The maximum atomic E-state index is 12.1. The molecule has 2 heterocycles. The third kappa shape index (κ3) is 3.57. The fraction of sp³-hybridized carbons (Fsp3) is 0.562. The Hall–Kier alpha value is -1.10. The summed E-state index contributed by atoms with van der Waals surface area (Å²) in [5.74, 6) is 0.0539. The fourth-order valence-electron chi connectivity index (χ4n) is 3.53. The van der Waals surface area contributed by atoms with Crippen molar-refractivity contribution in [1.82, 2.24) is 10.2 Å². The van der Waals surface area contributed by atoms with Gasteiger partial charge in [0.2, 0.25) is 5.91 Å². The lowest BCUT2D eigenvalue weighted by Crippen LogP contribution is -2.48. The molecule has 0 saturated carbocycles. The minimum absolute atomic E-state index is 0.0539. The van der Waals surface area contributed by atoms with Crippen molar-refractivity contribution in [2.24, 2.45) is 0 Å². The average molecular weight is 309 g/mol. The van der Waals surface area contributed by atoms with Gasteiger partial charge in [0.1, 0.15) is 0 Å². The van der Waals surface area contributed by atoms with Crippen LogP contribution in [0.4, 0.5) is 0 Å². The molecule has 2 fully saturated rings.